The number of nitrogens with zero attached hydrogens (tertiary/aromatic N) is 1. The Balaban J connectivity index is 1.97. The van der Waals surface area contributed by atoms with Gasteiger partial charge in [-0.15, -0.1) is 0 Å². The Hall–Kier alpha value is -2.42. The van der Waals surface area contributed by atoms with Crippen molar-refractivity contribution in [3.05, 3.63) is 64.7 Å². The van der Waals surface area contributed by atoms with Crippen LogP contribution >= 0.6 is 11.6 Å². The molecule has 0 saturated carbocycles. The number of carboxylic acid groups (broad SMARTS) is 1. The van der Waals surface area contributed by atoms with Crippen LogP contribution in [0, 0.1) is 11.8 Å². The lowest BCUT2D eigenvalue weighted by Crippen LogP contribution is -2.48. The lowest BCUT2D eigenvalue weighted by atomic mass is 9.87. The van der Waals surface area contributed by atoms with Crippen molar-refractivity contribution in [2.45, 2.75) is 57.0 Å². The summed E-state index contributed by atoms with van der Waals surface area (Å²) >= 11 is 5.97. The maximum atomic E-state index is 13.8. The SMILES string of the molecule is CC(C)C1CCNC(=O)C(N(Cc2ccc(CCC(=O)O)cc2)S(=O)(=O)c2ccc(Cl)cc2)C1. The van der Waals surface area contributed by atoms with Crippen LogP contribution in [0.5, 0.6) is 0 Å². The minimum absolute atomic E-state index is 0.0209. The summed E-state index contributed by atoms with van der Waals surface area (Å²) in [6.07, 6.45) is 1.65. The van der Waals surface area contributed by atoms with E-state index in [1.54, 1.807) is 24.3 Å². The summed E-state index contributed by atoms with van der Waals surface area (Å²) in [4.78, 5) is 24.0. The van der Waals surface area contributed by atoms with Gasteiger partial charge in [0.1, 0.15) is 6.04 Å². The molecule has 7 nitrogen and oxygen atoms in total. The number of benzene rings is 2. The number of aliphatic carboxylic acids is 1. The quantitative estimate of drug-likeness (QED) is 0.533. The summed E-state index contributed by atoms with van der Waals surface area (Å²) in [5.74, 6) is -0.656. The van der Waals surface area contributed by atoms with E-state index in [2.05, 4.69) is 19.2 Å². The summed E-state index contributed by atoms with van der Waals surface area (Å²) in [6, 6.07) is 12.3. The molecule has 2 unspecified atom stereocenters. The molecule has 0 spiro atoms. The zero-order chi connectivity index (χ0) is 24.9. The number of nitrogens with one attached hydrogen (secondary N) is 1. The summed E-state index contributed by atoms with van der Waals surface area (Å²) in [5.41, 5.74) is 1.57. The fraction of sp³-hybridized carbons (Fsp3) is 0.440. The number of carbonyl (C=O) groups excluding carboxylic acids is 1. The second-order valence-corrected chi connectivity index (χ2v) is 11.4. The van der Waals surface area contributed by atoms with Gasteiger partial charge in [0.05, 0.1) is 4.90 Å². The predicted molar refractivity (Wildman–Crippen MR) is 131 cm³/mol. The van der Waals surface area contributed by atoms with E-state index in [9.17, 15) is 18.0 Å². The number of hydrogen-bond donors (Lipinski definition) is 2. The van der Waals surface area contributed by atoms with Crippen molar-refractivity contribution in [1.29, 1.82) is 0 Å². The molecule has 3 rings (SSSR count). The van der Waals surface area contributed by atoms with Crippen LogP contribution in [-0.4, -0.2) is 42.3 Å². The zero-order valence-corrected chi connectivity index (χ0v) is 21.0. The van der Waals surface area contributed by atoms with Crippen LogP contribution in [0.2, 0.25) is 5.02 Å². The van der Waals surface area contributed by atoms with Crippen LogP contribution < -0.4 is 5.32 Å². The Kier molecular flexibility index (Phi) is 8.73. The third-order valence-corrected chi connectivity index (χ3v) is 8.46. The molecule has 2 N–H and O–H groups in total. The van der Waals surface area contributed by atoms with Crippen LogP contribution in [0.3, 0.4) is 0 Å². The lowest BCUT2D eigenvalue weighted by Gasteiger charge is -2.31. The number of carboxylic acids is 1. The molecule has 1 heterocycles. The molecule has 2 aromatic rings. The van der Waals surface area contributed by atoms with Gasteiger partial charge in [-0.2, -0.15) is 4.31 Å². The molecule has 0 bridgehead atoms. The van der Waals surface area contributed by atoms with Crippen molar-refractivity contribution in [1.82, 2.24) is 9.62 Å². The number of rotatable bonds is 9. The van der Waals surface area contributed by atoms with Crippen molar-refractivity contribution in [2.24, 2.45) is 11.8 Å². The molecule has 0 aromatic heterocycles. The third kappa shape index (κ3) is 6.58. The van der Waals surface area contributed by atoms with Gasteiger partial charge in [-0.3, -0.25) is 9.59 Å². The number of hydrogen-bond acceptors (Lipinski definition) is 4. The van der Waals surface area contributed by atoms with E-state index in [1.165, 1.54) is 28.6 Å². The van der Waals surface area contributed by atoms with Crippen LogP contribution in [0.1, 0.15) is 44.2 Å². The van der Waals surface area contributed by atoms with Crippen molar-refractivity contribution < 1.29 is 23.1 Å². The molecule has 0 radical (unpaired) electrons. The van der Waals surface area contributed by atoms with Gasteiger partial charge in [0.25, 0.3) is 0 Å². The van der Waals surface area contributed by atoms with E-state index in [0.717, 1.165) is 17.5 Å². The van der Waals surface area contributed by atoms with E-state index in [1.807, 2.05) is 0 Å². The van der Waals surface area contributed by atoms with Gasteiger partial charge in [0.15, 0.2) is 0 Å². The Morgan fingerprint density at radius 1 is 1.12 bits per heavy atom. The van der Waals surface area contributed by atoms with Crippen molar-refractivity contribution in [3.63, 3.8) is 0 Å². The summed E-state index contributed by atoms with van der Waals surface area (Å²) < 4.78 is 28.8. The van der Waals surface area contributed by atoms with Crippen molar-refractivity contribution in [2.75, 3.05) is 6.54 Å². The Bertz CT molecular complexity index is 1100. The fourth-order valence-electron chi connectivity index (χ4n) is 4.21. The predicted octanol–water partition coefficient (Wildman–Crippen LogP) is 4.10. The highest BCUT2D eigenvalue weighted by Crippen LogP contribution is 2.30. The van der Waals surface area contributed by atoms with Gasteiger partial charge < -0.3 is 10.4 Å². The minimum Gasteiger partial charge on any atom is -0.481 e. The van der Waals surface area contributed by atoms with Crippen molar-refractivity contribution >= 4 is 33.5 Å². The first-order chi connectivity index (χ1) is 16.1. The highest BCUT2D eigenvalue weighted by molar-refractivity contribution is 7.89. The lowest BCUT2D eigenvalue weighted by molar-refractivity contribution is -0.137. The molecule has 2 aromatic carbocycles. The summed E-state index contributed by atoms with van der Waals surface area (Å²) in [5, 5.41) is 12.2. The molecular weight excluding hydrogens is 476 g/mol. The van der Waals surface area contributed by atoms with E-state index in [-0.39, 0.29) is 29.7 Å². The molecule has 1 saturated heterocycles. The molecule has 34 heavy (non-hydrogen) atoms. The van der Waals surface area contributed by atoms with Gasteiger partial charge in [-0.05, 0) is 66.5 Å². The Morgan fingerprint density at radius 3 is 2.32 bits per heavy atom. The van der Waals surface area contributed by atoms with Gasteiger partial charge >= 0.3 is 5.97 Å². The first kappa shape index (κ1) is 26.2. The average molecular weight is 507 g/mol. The molecule has 0 aliphatic carbocycles. The van der Waals surface area contributed by atoms with Crippen molar-refractivity contribution in [3.8, 4) is 0 Å². The number of amides is 1. The molecule has 9 heteroatoms. The van der Waals surface area contributed by atoms with E-state index < -0.39 is 22.0 Å². The Labute approximate surface area is 206 Å². The van der Waals surface area contributed by atoms with Gasteiger partial charge in [-0.25, -0.2) is 8.42 Å². The van der Waals surface area contributed by atoms with Crippen LogP contribution in [-0.2, 0) is 32.6 Å². The molecule has 1 aliphatic heterocycles. The molecule has 1 aliphatic rings. The zero-order valence-electron chi connectivity index (χ0n) is 19.4. The maximum Gasteiger partial charge on any atom is 0.303 e. The largest absolute Gasteiger partial charge is 0.481 e. The highest BCUT2D eigenvalue weighted by atomic mass is 35.5. The minimum atomic E-state index is -4.01. The first-order valence-corrected chi connectivity index (χ1v) is 13.2. The number of sulfonamides is 1. The van der Waals surface area contributed by atoms with E-state index in [0.29, 0.717) is 30.3 Å². The molecule has 1 amide bonds. The summed E-state index contributed by atoms with van der Waals surface area (Å²) in [6.45, 7) is 4.72. The standard InChI is InChI=1S/C25H31ClN2O5S/c1-17(2)20-13-14-27-25(31)23(15-20)28(34(32,33)22-10-8-21(26)9-11-22)16-19-5-3-18(4-6-19)7-12-24(29)30/h3-6,8-11,17,20,23H,7,12-16H2,1-2H3,(H,27,31)(H,29,30). The van der Waals surface area contributed by atoms with E-state index in [4.69, 9.17) is 16.7 Å². The summed E-state index contributed by atoms with van der Waals surface area (Å²) in [7, 11) is -4.01. The van der Waals surface area contributed by atoms with Gasteiger partial charge in [0.2, 0.25) is 15.9 Å². The number of aryl methyl sites for hydroxylation is 1. The van der Waals surface area contributed by atoms with Crippen LogP contribution in [0.15, 0.2) is 53.4 Å². The van der Waals surface area contributed by atoms with Gasteiger partial charge in [-0.1, -0.05) is 49.7 Å². The topological polar surface area (TPSA) is 104 Å². The second kappa shape index (κ2) is 11.3. The van der Waals surface area contributed by atoms with E-state index >= 15 is 0 Å². The monoisotopic (exact) mass is 506 g/mol. The smallest absolute Gasteiger partial charge is 0.303 e. The third-order valence-electron chi connectivity index (χ3n) is 6.34. The molecule has 2 atom stereocenters. The highest BCUT2D eigenvalue weighted by Gasteiger charge is 2.39. The Morgan fingerprint density at radius 2 is 1.74 bits per heavy atom. The second-order valence-electron chi connectivity index (χ2n) is 9.05. The fourth-order valence-corrected chi connectivity index (χ4v) is 5.92. The first-order valence-electron chi connectivity index (χ1n) is 11.4. The number of halogens is 1. The van der Waals surface area contributed by atoms with Crippen LogP contribution in [0.25, 0.3) is 0 Å². The average Bonchev–Trinajstić information content (AvgIpc) is 2.98. The number of carbonyl (C=O) groups is 2. The van der Waals surface area contributed by atoms with Crippen LogP contribution in [0.4, 0.5) is 0 Å². The van der Waals surface area contributed by atoms with Gasteiger partial charge in [0, 0.05) is 24.5 Å². The molecule has 184 valence electrons. The normalized spacial score (nSPS) is 19.1. The molecule has 1 fully saturated rings. The molecular formula is C25H31ClN2O5S. The maximum absolute atomic E-state index is 13.8.